The van der Waals surface area contributed by atoms with E-state index in [-0.39, 0.29) is 15.9 Å². The van der Waals surface area contributed by atoms with E-state index < -0.39 is 0 Å². The molecule has 0 saturated carbocycles. The SMILES string of the molecule is Cc1ccc(-c2nc(S[C@H](C)c3cccc([N+](=O)[O-])c3)n[nH]2)cc1. The molecule has 0 unspecified atom stereocenters. The predicted octanol–water partition coefficient (Wildman–Crippen LogP) is 4.54. The van der Waals surface area contributed by atoms with Crippen LogP contribution in [0.2, 0.25) is 0 Å². The van der Waals surface area contributed by atoms with E-state index in [1.165, 1.54) is 23.4 Å². The number of hydrogen-bond donors (Lipinski definition) is 1. The Bertz CT molecular complexity index is 861. The van der Waals surface area contributed by atoms with Crippen LogP contribution < -0.4 is 0 Å². The standard InChI is InChI=1S/C17H16N4O2S/c1-11-6-8-13(9-7-11)16-18-17(20-19-16)24-12(2)14-4-3-5-15(10-14)21(22)23/h3-10,12H,1-2H3,(H,18,19,20)/t12-/m1/s1. The molecule has 0 amide bonds. The molecule has 6 nitrogen and oxygen atoms in total. The molecule has 0 saturated heterocycles. The van der Waals surface area contributed by atoms with E-state index in [0.29, 0.717) is 11.0 Å². The Balaban J connectivity index is 1.75. The predicted molar refractivity (Wildman–Crippen MR) is 93.9 cm³/mol. The summed E-state index contributed by atoms with van der Waals surface area (Å²) in [7, 11) is 0. The zero-order valence-electron chi connectivity index (χ0n) is 13.3. The van der Waals surface area contributed by atoms with Crippen LogP contribution in [0.3, 0.4) is 0 Å². The highest BCUT2D eigenvalue weighted by molar-refractivity contribution is 7.99. The van der Waals surface area contributed by atoms with Crippen LogP contribution in [0.1, 0.15) is 23.3 Å². The molecule has 0 spiro atoms. The summed E-state index contributed by atoms with van der Waals surface area (Å²) in [5.74, 6) is 0.712. The van der Waals surface area contributed by atoms with Crippen LogP contribution in [-0.4, -0.2) is 20.1 Å². The Labute approximate surface area is 143 Å². The number of nitrogens with zero attached hydrogens (tertiary/aromatic N) is 3. The second-order valence-electron chi connectivity index (χ2n) is 5.44. The van der Waals surface area contributed by atoms with Gasteiger partial charge >= 0.3 is 0 Å². The summed E-state index contributed by atoms with van der Waals surface area (Å²) < 4.78 is 0. The van der Waals surface area contributed by atoms with Crippen molar-refractivity contribution in [3.05, 3.63) is 69.8 Å². The van der Waals surface area contributed by atoms with E-state index in [0.717, 1.165) is 11.1 Å². The van der Waals surface area contributed by atoms with Crippen molar-refractivity contribution < 1.29 is 4.92 Å². The molecular weight excluding hydrogens is 324 g/mol. The van der Waals surface area contributed by atoms with Gasteiger partial charge in [0.1, 0.15) is 0 Å². The van der Waals surface area contributed by atoms with Crippen molar-refractivity contribution in [1.82, 2.24) is 15.2 Å². The third-order valence-corrected chi connectivity index (χ3v) is 4.64. The highest BCUT2D eigenvalue weighted by Crippen LogP contribution is 2.34. The number of aromatic nitrogens is 3. The molecule has 1 heterocycles. The summed E-state index contributed by atoms with van der Waals surface area (Å²) in [6, 6.07) is 14.7. The zero-order valence-corrected chi connectivity index (χ0v) is 14.1. The lowest BCUT2D eigenvalue weighted by atomic mass is 10.1. The highest BCUT2D eigenvalue weighted by Gasteiger charge is 2.15. The van der Waals surface area contributed by atoms with Crippen LogP contribution in [0.4, 0.5) is 5.69 Å². The van der Waals surface area contributed by atoms with Gasteiger partial charge in [-0.3, -0.25) is 15.2 Å². The number of aromatic amines is 1. The second-order valence-corrected chi connectivity index (χ2v) is 6.75. The van der Waals surface area contributed by atoms with Crippen LogP contribution in [-0.2, 0) is 0 Å². The molecule has 122 valence electrons. The number of benzene rings is 2. The van der Waals surface area contributed by atoms with Gasteiger partial charge in [-0.25, -0.2) is 4.98 Å². The molecular formula is C17H16N4O2S. The fourth-order valence-corrected chi connectivity index (χ4v) is 3.10. The first kappa shape index (κ1) is 16.2. The van der Waals surface area contributed by atoms with Crippen molar-refractivity contribution in [2.75, 3.05) is 0 Å². The lowest BCUT2D eigenvalue weighted by molar-refractivity contribution is -0.384. The molecule has 7 heteroatoms. The second kappa shape index (κ2) is 6.84. The normalized spacial score (nSPS) is 12.1. The maximum atomic E-state index is 10.9. The van der Waals surface area contributed by atoms with Gasteiger partial charge in [0.2, 0.25) is 5.16 Å². The Morgan fingerprint density at radius 3 is 2.67 bits per heavy atom. The number of nitro groups is 1. The minimum Gasteiger partial charge on any atom is -0.258 e. The molecule has 0 bridgehead atoms. The summed E-state index contributed by atoms with van der Waals surface area (Å²) in [6.45, 7) is 4.01. The zero-order chi connectivity index (χ0) is 17.1. The minimum atomic E-state index is -0.386. The summed E-state index contributed by atoms with van der Waals surface area (Å²) in [4.78, 5) is 15.0. The van der Waals surface area contributed by atoms with E-state index in [1.807, 2.05) is 44.2 Å². The third kappa shape index (κ3) is 3.62. The fourth-order valence-electron chi connectivity index (χ4n) is 2.26. The van der Waals surface area contributed by atoms with Gasteiger partial charge in [0.25, 0.3) is 5.69 Å². The quantitative estimate of drug-likeness (QED) is 0.419. The molecule has 0 aliphatic rings. The summed E-state index contributed by atoms with van der Waals surface area (Å²) in [5.41, 5.74) is 3.13. The molecule has 0 radical (unpaired) electrons. The molecule has 0 fully saturated rings. The lowest BCUT2D eigenvalue weighted by Crippen LogP contribution is -1.93. The van der Waals surface area contributed by atoms with Gasteiger partial charge in [0, 0.05) is 22.9 Å². The van der Waals surface area contributed by atoms with Crippen LogP contribution in [0.5, 0.6) is 0 Å². The topological polar surface area (TPSA) is 84.7 Å². The van der Waals surface area contributed by atoms with E-state index in [9.17, 15) is 10.1 Å². The van der Waals surface area contributed by atoms with Gasteiger partial charge in [-0.2, -0.15) is 0 Å². The average molecular weight is 340 g/mol. The number of nitro benzene ring substituents is 1. The fraction of sp³-hybridized carbons (Fsp3) is 0.176. The number of H-pyrrole nitrogens is 1. The minimum absolute atomic E-state index is 0.00608. The summed E-state index contributed by atoms with van der Waals surface area (Å²) in [6.07, 6.45) is 0. The van der Waals surface area contributed by atoms with Gasteiger partial charge < -0.3 is 0 Å². The maximum Gasteiger partial charge on any atom is 0.269 e. The van der Waals surface area contributed by atoms with E-state index in [1.54, 1.807) is 12.1 Å². The monoisotopic (exact) mass is 340 g/mol. The number of nitrogens with one attached hydrogen (secondary N) is 1. The third-order valence-electron chi connectivity index (χ3n) is 3.62. The molecule has 0 aliphatic heterocycles. The molecule has 24 heavy (non-hydrogen) atoms. The van der Waals surface area contributed by atoms with Gasteiger partial charge in [-0.05, 0) is 19.4 Å². The van der Waals surface area contributed by atoms with E-state index in [2.05, 4.69) is 15.2 Å². The van der Waals surface area contributed by atoms with Crippen LogP contribution >= 0.6 is 11.8 Å². The van der Waals surface area contributed by atoms with Crippen molar-refractivity contribution in [3.63, 3.8) is 0 Å². The van der Waals surface area contributed by atoms with Gasteiger partial charge in [-0.15, -0.1) is 5.10 Å². The summed E-state index contributed by atoms with van der Waals surface area (Å²) >= 11 is 1.46. The van der Waals surface area contributed by atoms with Gasteiger partial charge in [-0.1, -0.05) is 53.7 Å². The number of hydrogen-bond acceptors (Lipinski definition) is 5. The lowest BCUT2D eigenvalue weighted by Gasteiger charge is -2.08. The molecule has 1 atom stereocenters. The molecule has 1 N–H and O–H groups in total. The first-order valence-electron chi connectivity index (χ1n) is 7.43. The number of thioether (sulfide) groups is 1. The van der Waals surface area contributed by atoms with Crippen LogP contribution in [0.25, 0.3) is 11.4 Å². The Hall–Kier alpha value is -2.67. The first-order chi connectivity index (χ1) is 11.5. The van der Waals surface area contributed by atoms with Crippen molar-refractivity contribution in [3.8, 4) is 11.4 Å². The Kier molecular flexibility index (Phi) is 4.61. The number of rotatable bonds is 5. The number of non-ortho nitro benzene ring substituents is 1. The van der Waals surface area contributed by atoms with Crippen LogP contribution in [0, 0.1) is 17.0 Å². The van der Waals surface area contributed by atoms with Gasteiger partial charge in [0.15, 0.2) is 5.82 Å². The Morgan fingerprint density at radius 1 is 1.21 bits per heavy atom. The molecule has 0 aliphatic carbocycles. The smallest absolute Gasteiger partial charge is 0.258 e. The van der Waals surface area contributed by atoms with Gasteiger partial charge in [0.05, 0.1) is 4.92 Å². The summed E-state index contributed by atoms with van der Waals surface area (Å²) in [5, 5.41) is 18.7. The van der Waals surface area contributed by atoms with Crippen molar-refractivity contribution in [2.24, 2.45) is 0 Å². The van der Waals surface area contributed by atoms with Crippen molar-refractivity contribution in [2.45, 2.75) is 24.3 Å². The van der Waals surface area contributed by atoms with E-state index in [4.69, 9.17) is 0 Å². The Morgan fingerprint density at radius 2 is 1.96 bits per heavy atom. The van der Waals surface area contributed by atoms with Crippen molar-refractivity contribution >= 4 is 17.4 Å². The highest BCUT2D eigenvalue weighted by atomic mass is 32.2. The maximum absolute atomic E-state index is 10.9. The molecule has 3 aromatic rings. The van der Waals surface area contributed by atoms with E-state index >= 15 is 0 Å². The first-order valence-corrected chi connectivity index (χ1v) is 8.31. The van der Waals surface area contributed by atoms with Crippen molar-refractivity contribution in [1.29, 1.82) is 0 Å². The average Bonchev–Trinajstić information content (AvgIpc) is 3.04. The molecule has 3 rings (SSSR count). The van der Waals surface area contributed by atoms with Crippen LogP contribution in [0.15, 0.2) is 53.7 Å². The molecule has 2 aromatic carbocycles. The number of aryl methyl sites for hydroxylation is 1. The largest absolute Gasteiger partial charge is 0.269 e. The molecule has 1 aromatic heterocycles.